The second-order valence-electron chi connectivity index (χ2n) is 5.64. The van der Waals surface area contributed by atoms with Gasteiger partial charge in [-0.25, -0.2) is 0 Å². The Labute approximate surface area is 134 Å². The van der Waals surface area contributed by atoms with Crippen LogP contribution in [0.2, 0.25) is 0 Å². The fourth-order valence-electron chi connectivity index (χ4n) is 2.00. The zero-order chi connectivity index (χ0) is 17.9. The van der Waals surface area contributed by atoms with Gasteiger partial charge < -0.3 is 21.1 Å². The Hall–Kier alpha value is -1.12. The fourth-order valence-corrected chi connectivity index (χ4v) is 2.00. The molecule has 0 heterocycles. The number of aliphatic hydroxyl groups excluding tert-OH is 2. The van der Waals surface area contributed by atoms with Crippen molar-refractivity contribution in [2.24, 2.45) is 5.73 Å². The van der Waals surface area contributed by atoms with Crippen molar-refractivity contribution in [1.82, 2.24) is 0 Å². The minimum atomic E-state index is -4.08. The van der Waals surface area contributed by atoms with E-state index in [1.54, 1.807) is 6.08 Å². The third kappa shape index (κ3) is 9.58. The number of carboxylic acid groups (broad SMARTS) is 1. The van der Waals surface area contributed by atoms with Crippen molar-refractivity contribution in [2.45, 2.75) is 69.2 Å². The standard InChI is InChI=1S/C15H26F3NO4/c16-15(17,18)10-8-6-4-2-1-3-5-7-9-12(21)14(19,11-20)13(22)23/h3,5,12,20-21H,1-2,4,6-11,19H2,(H,22,23)/b5-3+. The molecule has 23 heavy (non-hydrogen) atoms. The van der Waals surface area contributed by atoms with E-state index >= 15 is 0 Å². The van der Waals surface area contributed by atoms with Crippen molar-refractivity contribution in [3.63, 3.8) is 0 Å². The molecule has 0 aromatic rings. The van der Waals surface area contributed by atoms with E-state index in [0.717, 1.165) is 19.3 Å². The molecule has 5 N–H and O–H groups in total. The fraction of sp³-hybridized carbons (Fsp3) is 0.800. The summed E-state index contributed by atoms with van der Waals surface area (Å²) >= 11 is 0. The summed E-state index contributed by atoms with van der Waals surface area (Å²) in [6.07, 6.45) is 0.832. The molecule has 0 rings (SSSR count). The van der Waals surface area contributed by atoms with Crippen molar-refractivity contribution >= 4 is 5.97 Å². The Morgan fingerprint density at radius 1 is 1.09 bits per heavy atom. The van der Waals surface area contributed by atoms with Crippen LogP contribution in [0, 0.1) is 0 Å². The first-order valence-electron chi connectivity index (χ1n) is 7.66. The molecule has 8 heteroatoms. The van der Waals surface area contributed by atoms with E-state index < -0.39 is 36.8 Å². The molecule has 0 saturated carbocycles. The molecule has 0 fully saturated rings. The zero-order valence-electron chi connectivity index (χ0n) is 13.1. The number of hydrogen-bond acceptors (Lipinski definition) is 4. The van der Waals surface area contributed by atoms with Crippen molar-refractivity contribution in [3.8, 4) is 0 Å². The monoisotopic (exact) mass is 341 g/mol. The lowest BCUT2D eigenvalue weighted by molar-refractivity contribution is -0.150. The first kappa shape index (κ1) is 21.9. The molecule has 5 nitrogen and oxygen atoms in total. The van der Waals surface area contributed by atoms with Gasteiger partial charge in [-0.15, -0.1) is 0 Å². The first-order chi connectivity index (χ1) is 10.6. The molecular formula is C15H26F3NO4. The molecule has 0 aromatic heterocycles. The van der Waals surface area contributed by atoms with Gasteiger partial charge >= 0.3 is 12.1 Å². The Balaban J connectivity index is 3.74. The average Bonchev–Trinajstić information content (AvgIpc) is 2.46. The van der Waals surface area contributed by atoms with Crippen LogP contribution >= 0.6 is 0 Å². The lowest BCUT2D eigenvalue weighted by Gasteiger charge is -2.27. The molecule has 0 radical (unpaired) electrons. The van der Waals surface area contributed by atoms with E-state index in [2.05, 4.69) is 0 Å². The largest absolute Gasteiger partial charge is 0.480 e. The van der Waals surface area contributed by atoms with Crippen molar-refractivity contribution in [1.29, 1.82) is 0 Å². The number of allylic oxidation sites excluding steroid dienone is 2. The zero-order valence-corrected chi connectivity index (χ0v) is 13.1. The van der Waals surface area contributed by atoms with Gasteiger partial charge in [0.2, 0.25) is 0 Å². The summed E-state index contributed by atoms with van der Waals surface area (Å²) in [6.45, 7) is -0.856. The molecule has 0 aromatic carbocycles. The van der Waals surface area contributed by atoms with E-state index in [9.17, 15) is 23.1 Å². The molecule has 2 atom stereocenters. The molecule has 0 bridgehead atoms. The average molecular weight is 341 g/mol. The lowest BCUT2D eigenvalue weighted by Crippen LogP contribution is -2.60. The highest BCUT2D eigenvalue weighted by Crippen LogP contribution is 2.23. The number of carbonyl (C=O) groups is 1. The number of alkyl halides is 3. The number of carboxylic acids is 1. The number of nitrogens with two attached hydrogens (primary N) is 1. The van der Waals surface area contributed by atoms with Crippen molar-refractivity contribution < 1.29 is 33.3 Å². The van der Waals surface area contributed by atoms with Crippen LogP contribution < -0.4 is 5.73 Å². The number of unbranched alkanes of at least 4 members (excludes halogenated alkanes) is 4. The maximum Gasteiger partial charge on any atom is 0.389 e. The van der Waals surface area contributed by atoms with Crippen LogP contribution in [-0.2, 0) is 4.79 Å². The maximum absolute atomic E-state index is 11.9. The SMILES string of the molecule is NC(CO)(C(=O)O)C(O)CC/C=C/CCCCCCC(F)(F)F. The maximum atomic E-state index is 11.9. The van der Waals surface area contributed by atoms with E-state index in [0.29, 0.717) is 12.8 Å². The van der Waals surface area contributed by atoms with Crippen LogP contribution in [-0.4, -0.2) is 45.7 Å². The Morgan fingerprint density at radius 3 is 2.17 bits per heavy atom. The van der Waals surface area contributed by atoms with Gasteiger partial charge in [-0.3, -0.25) is 4.79 Å². The second-order valence-corrected chi connectivity index (χ2v) is 5.64. The number of aliphatic hydroxyl groups is 2. The highest BCUT2D eigenvalue weighted by Gasteiger charge is 2.40. The Bertz CT molecular complexity index is 374. The van der Waals surface area contributed by atoms with Gasteiger partial charge in [0.15, 0.2) is 5.54 Å². The van der Waals surface area contributed by atoms with E-state index in [-0.39, 0.29) is 12.8 Å². The van der Waals surface area contributed by atoms with Crippen LogP contribution in [0.25, 0.3) is 0 Å². The number of halogens is 3. The quantitative estimate of drug-likeness (QED) is 0.322. The molecule has 0 amide bonds. The van der Waals surface area contributed by atoms with Gasteiger partial charge in [-0.05, 0) is 32.1 Å². The summed E-state index contributed by atoms with van der Waals surface area (Å²) in [5.74, 6) is -1.46. The van der Waals surface area contributed by atoms with Crippen LogP contribution in [0.15, 0.2) is 12.2 Å². The highest BCUT2D eigenvalue weighted by molar-refractivity contribution is 5.79. The van der Waals surface area contributed by atoms with Crippen LogP contribution in [0.5, 0.6) is 0 Å². The van der Waals surface area contributed by atoms with Crippen LogP contribution in [0.3, 0.4) is 0 Å². The smallest absolute Gasteiger partial charge is 0.389 e. The van der Waals surface area contributed by atoms with Gasteiger partial charge in [0.1, 0.15) is 0 Å². The molecule has 0 spiro atoms. The normalized spacial score (nSPS) is 16.4. The van der Waals surface area contributed by atoms with Gasteiger partial charge in [-0.2, -0.15) is 13.2 Å². The minimum Gasteiger partial charge on any atom is -0.480 e. The molecule has 2 unspecified atom stereocenters. The summed E-state index contributed by atoms with van der Waals surface area (Å²) in [6, 6.07) is 0. The summed E-state index contributed by atoms with van der Waals surface area (Å²) in [5.41, 5.74) is 3.36. The van der Waals surface area contributed by atoms with Gasteiger partial charge in [0.05, 0.1) is 12.7 Å². The molecular weight excluding hydrogens is 315 g/mol. The van der Waals surface area contributed by atoms with Crippen LogP contribution in [0.1, 0.15) is 51.4 Å². The van der Waals surface area contributed by atoms with Gasteiger partial charge in [0.25, 0.3) is 0 Å². The highest BCUT2D eigenvalue weighted by atomic mass is 19.4. The lowest BCUT2D eigenvalue weighted by atomic mass is 9.91. The molecule has 0 aliphatic heterocycles. The second kappa shape index (κ2) is 10.6. The number of rotatable bonds is 12. The Kier molecular flexibility index (Phi) is 10.1. The molecule has 0 aliphatic rings. The summed E-state index contributed by atoms with van der Waals surface area (Å²) < 4.78 is 35.7. The summed E-state index contributed by atoms with van der Waals surface area (Å²) in [5, 5.41) is 27.5. The minimum absolute atomic E-state index is 0.103. The van der Waals surface area contributed by atoms with Crippen LogP contribution in [0.4, 0.5) is 13.2 Å². The van der Waals surface area contributed by atoms with E-state index in [1.165, 1.54) is 0 Å². The Morgan fingerprint density at radius 2 is 1.65 bits per heavy atom. The van der Waals surface area contributed by atoms with Gasteiger partial charge in [-0.1, -0.05) is 25.0 Å². The van der Waals surface area contributed by atoms with Gasteiger partial charge in [0, 0.05) is 6.42 Å². The third-order valence-corrected chi connectivity index (χ3v) is 3.61. The first-order valence-corrected chi connectivity index (χ1v) is 7.66. The summed E-state index contributed by atoms with van der Waals surface area (Å²) in [4.78, 5) is 10.9. The molecule has 136 valence electrons. The predicted molar refractivity (Wildman–Crippen MR) is 79.8 cm³/mol. The number of hydrogen-bond donors (Lipinski definition) is 4. The predicted octanol–water partition coefficient (Wildman–Crippen LogP) is 2.36. The van der Waals surface area contributed by atoms with Crippen molar-refractivity contribution in [3.05, 3.63) is 12.2 Å². The number of aliphatic carboxylic acids is 1. The molecule has 0 aliphatic carbocycles. The van der Waals surface area contributed by atoms with Crippen molar-refractivity contribution in [2.75, 3.05) is 6.61 Å². The molecule has 0 saturated heterocycles. The summed E-state index contributed by atoms with van der Waals surface area (Å²) in [7, 11) is 0. The topological polar surface area (TPSA) is 104 Å². The van der Waals surface area contributed by atoms with E-state index in [4.69, 9.17) is 15.9 Å². The third-order valence-electron chi connectivity index (χ3n) is 3.61. The van der Waals surface area contributed by atoms with E-state index in [1.807, 2.05) is 6.08 Å².